The van der Waals surface area contributed by atoms with E-state index in [0.29, 0.717) is 13.2 Å². The maximum absolute atomic E-state index is 12.2. The molecule has 2 aliphatic heterocycles. The Kier molecular flexibility index (Phi) is 5.75. The van der Waals surface area contributed by atoms with Gasteiger partial charge >= 0.3 is 5.97 Å². The number of aromatic nitrogens is 3. The maximum atomic E-state index is 12.2. The summed E-state index contributed by atoms with van der Waals surface area (Å²) < 4.78 is 12.4. The summed E-state index contributed by atoms with van der Waals surface area (Å²) in [5.74, 6) is 0.838. The molecule has 0 aliphatic carbocycles. The van der Waals surface area contributed by atoms with Gasteiger partial charge in [0.2, 0.25) is 0 Å². The summed E-state index contributed by atoms with van der Waals surface area (Å²) in [7, 11) is 0. The van der Waals surface area contributed by atoms with Crippen LogP contribution in [0.3, 0.4) is 0 Å². The SMILES string of the molecule is CCOC(=O)[C@@H](C)Sc1ncnc2c1sc1nc(N3CCCC3)c3c(c12)CC(C)(C)OC3. The van der Waals surface area contributed by atoms with Gasteiger partial charge in [0.15, 0.2) is 0 Å². The van der Waals surface area contributed by atoms with Crippen LogP contribution in [-0.2, 0) is 27.3 Å². The molecule has 1 atom stereocenters. The lowest BCUT2D eigenvalue weighted by Gasteiger charge is -2.34. The standard InChI is InChI=1S/C23H28N4O3S2/c1-5-29-22(28)13(2)31-21-18-17(24-12-25-21)16-14-10-23(3,4)30-11-15(14)19(26-20(16)32-18)27-8-6-7-9-27/h12-13H,5-11H2,1-4H3/t13-/m1/s1. The molecule has 170 valence electrons. The third kappa shape index (κ3) is 3.84. The minimum absolute atomic E-state index is 0.226. The average Bonchev–Trinajstić information content (AvgIpc) is 3.41. The second-order valence-corrected chi connectivity index (χ2v) is 11.3. The highest BCUT2D eigenvalue weighted by molar-refractivity contribution is 8.00. The molecule has 5 heterocycles. The number of pyridine rings is 1. The average molecular weight is 473 g/mol. The van der Waals surface area contributed by atoms with Crippen LogP contribution in [0.25, 0.3) is 20.4 Å². The van der Waals surface area contributed by atoms with Crippen molar-refractivity contribution in [2.45, 2.75) is 69.4 Å². The Labute approximate surface area is 195 Å². The number of fused-ring (bicyclic) bond motifs is 5. The monoisotopic (exact) mass is 472 g/mol. The molecule has 0 radical (unpaired) electrons. The van der Waals surface area contributed by atoms with E-state index in [4.69, 9.17) is 14.5 Å². The van der Waals surface area contributed by atoms with Gasteiger partial charge < -0.3 is 14.4 Å². The molecule has 0 amide bonds. The Morgan fingerprint density at radius 1 is 1.31 bits per heavy atom. The number of carbonyl (C=O) groups excluding carboxylic acids is 1. The van der Waals surface area contributed by atoms with Crippen molar-refractivity contribution in [1.29, 1.82) is 0 Å². The number of hydrogen-bond donors (Lipinski definition) is 0. The number of rotatable bonds is 5. The van der Waals surface area contributed by atoms with E-state index in [0.717, 1.165) is 50.8 Å². The van der Waals surface area contributed by atoms with Crippen LogP contribution in [0.15, 0.2) is 11.4 Å². The van der Waals surface area contributed by atoms with Crippen molar-refractivity contribution < 1.29 is 14.3 Å². The Morgan fingerprint density at radius 3 is 2.84 bits per heavy atom. The molecule has 7 nitrogen and oxygen atoms in total. The fraction of sp³-hybridized carbons (Fsp3) is 0.565. The number of thioether (sulfide) groups is 1. The molecule has 1 saturated heterocycles. The van der Waals surface area contributed by atoms with E-state index in [-0.39, 0.29) is 16.8 Å². The van der Waals surface area contributed by atoms with E-state index in [2.05, 4.69) is 28.7 Å². The second kappa shape index (κ2) is 8.43. The number of nitrogens with zero attached hydrogens (tertiary/aromatic N) is 4. The fourth-order valence-electron chi connectivity index (χ4n) is 4.52. The Bertz CT molecular complexity index is 1190. The minimum atomic E-state index is -0.340. The van der Waals surface area contributed by atoms with Gasteiger partial charge in [-0.15, -0.1) is 11.3 Å². The van der Waals surface area contributed by atoms with E-state index in [1.165, 1.54) is 35.7 Å². The van der Waals surface area contributed by atoms with Gasteiger partial charge in [-0.1, -0.05) is 11.8 Å². The van der Waals surface area contributed by atoms with E-state index < -0.39 is 0 Å². The highest BCUT2D eigenvalue weighted by atomic mass is 32.2. The normalized spacial score (nSPS) is 18.8. The number of anilines is 1. The number of hydrogen-bond acceptors (Lipinski definition) is 9. The zero-order chi connectivity index (χ0) is 22.5. The van der Waals surface area contributed by atoms with Gasteiger partial charge in [-0.3, -0.25) is 4.79 Å². The zero-order valence-electron chi connectivity index (χ0n) is 18.9. The molecule has 32 heavy (non-hydrogen) atoms. The fourth-order valence-corrected chi connectivity index (χ4v) is 6.64. The summed E-state index contributed by atoms with van der Waals surface area (Å²) in [6, 6.07) is 0. The lowest BCUT2D eigenvalue weighted by Crippen LogP contribution is -2.33. The van der Waals surface area contributed by atoms with Gasteiger partial charge in [0, 0.05) is 30.5 Å². The smallest absolute Gasteiger partial charge is 0.319 e. The molecule has 0 aromatic carbocycles. The van der Waals surface area contributed by atoms with Gasteiger partial charge in [0.25, 0.3) is 0 Å². The molecule has 0 unspecified atom stereocenters. The van der Waals surface area contributed by atoms with Gasteiger partial charge in [-0.2, -0.15) is 0 Å². The molecule has 0 N–H and O–H groups in total. The maximum Gasteiger partial charge on any atom is 0.319 e. The van der Waals surface area contributed by atoms with Gasteiger partial charge in [-0.25, -0.2) is 15.0 Å². The number of ether oxygens (including phenoxy) is 2. The second-order valence-electron chi connectivity index (χ2n) is 8.96. The first-order valence-electron chi connectivity index (χ1n) is 11.2. The zero-order valence-corrected chi connectivity index (χ0v) is 20.6. The minimum Gasteiger partial charge on any atom is -0.465 e. The summed E-state index contributed by atoms with van der Waals surface area (Å²) in [6.45, 7) is 11.0. The van der Waals surface area contributed by atoms with Crippen molar-refractivity contribution in [2.24, 2.45) is 0 Å². The molecule has 0 saturated carbocycles. The Morgan fingerprint density at radius 2 is 2.09 bits per heavy atom. The van der Waals surface area contributed by atoms with Gasteiger partial charge in [0.1, 0.15) is 27.3 Å². The Balaban J connectivity index is 1.67. The van der Waals surface area contributed by atoms with Crippen LogP contribution >= 0.6 is 23.1 Å². The number of esters is 1. The predicted molar refractivity (Wildman–Crippen MR) is 129 cm³/mol. The summed E-state index contributed by atoms with van der Waals surface area (Å²) >= 11 is 3.05. The van der Waals surface area contributed by atoms with Gasteiger partial charge in [-0.05, 0) is 46.1 Å². The van der Waals surface area contributed by atoms with E-state index in [1.54, 1.807) is 17.7 Å². The van der Waals surface area contributed by atoms with Crippen LogP contribution in [0.4, 0.5) is 5.82 Å². The third-order valence-electron chi connectivity index (χ3n) is 6.09. The van der Waals surface area contributed by atoms with Crippen molar-refractivity contribution in [2.75, 3.05) is 24.6 Å². The molecule has 3 aromatic rings. The van der Waals surface area contributed by atoms with Crippen molar-refractivity contribution in [3.63, 3.8) is 0 Å². The third-order valence-corrected chi connectivity index (χ3v) is 8.37. The summed E-state index contributed by atoms with van der Waals surface area (Å²) in [6.07, 6.45) is 4.82. The summed E-state index contributed by atoms with van der Waals surface area (Å²) in [4.78, 5) is 29.9. The quantitative estimate of drug-likeness (QED) is 0.300. The van der Waals surface area contributed by atoms with Crippen LogP contribution in [-0.4, -0.2) is 51.5 Å². The molecule has 1 fully saturated rings. The first-order chi connectivity index (χ1) is 15.4. The van der Waals surface area contributed by atoms with Crippen LogP contribution in [0.1, 0.15) is 51.7 Å². The van der Waals surface area contributed by atoms with Crippen LogP contribution in [0.5, 0.6) is 0 Å². The van der Waals surface area contributed by atoms with Crippen LogP contribution in [0, 0.1) is 0 Å². The molecule has 2 aliphatic rings. The van der Waals surface area contributed by atoms with E-state index in [1.807, 2.05) is 13.8 Å². The van der Waals surface area contributed by atoms with Crippen LogP contribution in [0.2, 0.25) is 0 Å². The first kappa shape index (κ1) is 21.9. The molecule has 0 spiro atoms. The largest absolute Gasteiger partial charge is 0.465 e. The highest BCUT2D eigenvalue weighted by Crippen LogP contribution is 2.45. The predicted octanol–water partition coefficient (Wildman–Crippen LogP) is 4.73. The van der Waals surface area contributed by atoms with Gasteiger partial charge in [0.05, 0.1) is 29.0 Å². The lowest BCUT2D eigenvalue weighted by molar-refractivity contribution is -0.142. The van der Waals surface area contributed by atoms with Crippen molar-refractivity contribution in [3.05, 3.63) is 17.5 Å². The summed E-state index contributed by atoms with van der Waals surface area (Å²) in [5.41, 5.74) is 3.19. The summed E-state index contributed by atoms with van der Waals surface area (Å²) in [5, 5.41) is 1.58. The van der Waals surface area contributed by atoms with Crippen molar-refractivity contribution >= 4 is 55.3 Å². The molecular formula is C23H28N4O3S2. The first-order valence-corrected chi connectivity index (χ1v) is 12.9. The lowest BCUT2D eigenvalue weighted by atomic mass is 9.90. The molecule has 5 rings (SSSR count). The number of carbonyl (C=O) groups is 1. The topological polar surface area (TPSA) is 77.4 Å². The molecule has 9 heteroatoms. The van der Waals surface area contributed by atoms with E-state index >= 15 is 0 Å². The molecule has 3 aromatic heterocycles. The van der Waals surface area contributed by atoms with Crippen LogP contribution < -0.4 is 4.90 Å². The molecular weight excluding hydrogens is 444 g/mol. The molecule has 0 bridgehead atoms. The number of thiophene rings is 1. The van der Waals surface area contributed by atoms with Crippen molar-refractivity contribution in [3.8, 4) is 0 Å². The Hall–Kier alpha value is -1.97. The van der Waals surface area contributed by atoms with Crippen molar-refractivity contribution in [1.82, 2.24) is 15.0 Å². The highest BCUT2D eigenvalue weighted by Gasteiger charge is 2.33. The van der Waals surface area contributed by atoms with E-state index in [9.17, 15) is 4.79 Å².